The molecule has 1 nitrogen and oxygen atoms in total. The Labute approximate surface area is 89.5 Å². The first-order valence-electron chi connectivity index (χ1n) is 2.87. The first-order valence-corrected chi connectivity index (χ1v) is 2.87. The molecule has 0 aromatic heterocycles. The number of hydrogen-bond acceptors (Lipinski definition) is 1. The molecule has 0 atom stereocenters. The van der Waals surface area contributed by atoms with Crippen LogP contribution in [0.15, 0.2) is 24.3 Å². The quantitative estimate of drug-likeness (QED) is 0.612. The number of hydrogen-bond donors (Lipinski definition) is 1. The Hall–Kier alpha value is -0.190. The van der Waals surface area contributed by atoms with Crippen molar-refractivity contribution in [3.63, 3.8) is 0 Å². The van der Waals surface area contributed by atoms with Gasteiger partial charge in [0.2, 0.25) is 0 Å². The number of phenols is 1. The van der Waals surface area contributed by atoms with Crippen LogP contribution in [-0.4, -0.2) is 34.7 Å². The van der Waals surface area contributed by atoms with Gasteiger partial charge >= 0.3 is 35.7 Å². The second kappa shape index (κ2) is 4.16. The van der Waals surface area contributed by atoms with Gasteiger partial charge in [0.25, 0.3) is 0 Å². The SMILES string of the molecule is Oc1ccccc1C(F)(F)F.[NaH]. The third-order valence-corrected chi connectivity index (χ3v) is 1.21. The second-order valence-electron chi connectivity index (χ2n) is 2.01. The third-order valence-electron chi connectivity index (χ3n) is 1.21. The van der Waals surface area contributed by atoms with E-state index in [9.17, 15) is 13.2 Å². The van der Waals surface area contributed by atoms with Crippen LogP contribution in [-0.2, 0) is 6.18 Å². The summed E-state index contributed by atoms with van der Waals surface area (Å²) in [4.78, 5) is 0. The molecule has 0 spiro atoms. The molecule has 1 rings (SSSR count). The van der Waals surface area contributed by atoms with Gasteiger partial charge in [-0.15, -0.1) is 0 Å². The summed E-state index contributed by atoms with van der Waals surface area (Å²) in [5.41, 5.74) is -1.000. The molecule has 0 saturated carbocycles. The predicted molar refractivity (Wildman–Crippen MR) is 40.3 cm³/mol. The molecule has 0 unspecified atom stereocenters. The van der Waals surface area contributed by atoms with E-state index in [4.69, 9.17) is 5.11 Å². The zero-order valence-corrected chi connectivity index (χ0v) is 5.39. The molecule has 12 heavy (non-hydrogen) atoms. The molecule has 1 N–H and O–H groups in total. The molecule has 0 fully saturated rings. The van der Waals surface area contributed by atoms with Crippen LogP contribution in [0.5, 0.6) is 5.75 Å². The average molecular weight is 186 g/mol. The summed E-state index contributed by atoms with van der Waals surface area (Å²) < 4.78 is 35.7. The molecule has 0 amide bonds. The fraction of sp³-hybridized carbons (Fsp3) is 0.143. The summed E-state index contributed by atoms with van der Waals surface area (Å²) >= 11 is 0. The molecular formula is C7H6F3NaO. The minimum absolute atomic E-state index is 0. The number of halogens is 3. The maximum absolute atomic E-state index is 11.9. The minimum atomic E-state index is -4.47. The summed E-state index contributed by atoms with van der Waals surface area (Å²) in [7, 11) is 0. The first kappa shape index (κ1) is 11.8. The van der Waals surface area contributed by atoms with Crippen molar-refractivity contribution in [2.24, 2.45) is 0 Å². The molecule has 0 aliphatic rings. The number of rotatable bonds is 0. The van der Waals surface area contributed by atoms with Crippen LogP contribution in [0.4, 0.5) is 13.2 Å². The molecule has 62 valence electrons. The van der Waals surface area contributed by atoms with Gasteiger partial charge in [0.15, 0.2) is 0 Å². The Morgan fingerprint density at radius 3 is 1.92 bits per heavy atom. The maximum atomic E-state index is 11.9. The topological polar surface area (TPSA) is 20.2 Å². The molecule has 0 saturated heterocycles. The van der Waals surface area contributed by atoms with Crippen molar-refractivity contribution in [1.29, 1.82) is 0 Å². The van der Waals surface area contributed by atoms with Gasteiger partial charge in [-0.1, -0.05) is 12.1 Å². The van der Waals surface area contributed by atoms with E-state index >= 15 is 0 Å². The van der Waals surface area contributed by atoms with Gasteiger partial charge in [-0.2, -0.15) is 13.2 Å². The van der Waals surface area contributed by atoms with Crippen LogP contribution in [0.2, 0.25) is 0 Å². The average Bonchev–Trinajstić information content (AvgIpc) is 1.86. The Balaban J connectivity index is 0.00000121. The van der Waals surface area contributed by atoms with Crippen molar-refractivity contribution in [2.45, 2.75) is 6.18 Å². The van der Waals surface area contributed by atoms with Gasteiger partial charge < -0.3 is 5.11 Å². The number of alkyl halides is 3. The van der Waals surface area contributed by atoms with Crippen LogP contribution in [0.1, 0.15) is 5.56 Å². The number of para-hydroxylation sites is 1. The van der Waals surface area contributed by atoms with E-state index in [2.05, 4.69) is 0 Å². The number of aromatic hydroxyl groups is 1. The van der Waals surface area contributed by atoms with Crippen molar-refractivity contribution in [1.82, 2.24) is 0 Å². The second-order valence-corrected chi connectivity index (χ2v) is 2.01. The predicted octanol–water partition coefficient (Wildman–Crippen LogP) is 1.76. The fourth-order valence-corrected chi connectivity index (χ4v) is 0.713. The van der Waals surface area contributed by atoms with Crippen LogP contribution >= 0.6 is 0 Å². The molecule has 0 bridgehead atoms. The van der Waals surface area contributed by atoms with Gasteiger partial charge in [-0.3, -0.25) is 0 Å². The summed E-state index contributed by atoms with van der Waals surface area (Å²) in [5.74, 6) is -0.736. The van der Waals surface area contributed by atoms with Gasteiger partial charge in [0, 0.05) is 0 Å². The van der Waals surface area contributed by atoms with E-state index in [1.165, 1.54) is 12.1 Å². The first-order chi connectivity index (χ1) is 5.02. The number of benzene rings is 1. The summed E-state index contributed by atoms with van der Waals surface area (Å²) in [6.07, 6.45) is -4.47. The van der Waals surface area contributed by atoms with Gasteiger partial charge in [0.1, 0.15) is 5.75 Å². The Bertz CT molecular complexity index is 259. The van der Waals surface area contributed by atoms with Crippen molar-refractivity contribution in [3.8, 4) is 5.75 Å². The molecular weight excluding hydrogens is 180 g/mol. The van der Waals surface area contributed by atoms with E-state index in [-0.39, 0.29) is 29.6 Å². The molecule has 0 heterocycles. The van der Waals surface area contributed by atoms with E-state index in [1.54, 1.807) is 0 Å². The van der Waals surface area contributed by atoms with Crippen LogP contribution in [0.25, 0.3) is 0 Å². The zero-order chi connectivity index (χ0) is 8.48. The molecule has 5 heteroatoms. The Morgan fingerprint density at radius 1 is 1.08 bits per heavy atom. The van der Waals surface area contributed by atoms with Crippen LogP contribution in [0.3, 0.4) is 0 Å². The Kier molecular flexibility index (Phi) is 4.10. The summed E-state index contributed by atoms with van der Waals surface area (Å²) in [5, 5.41) is 8.73. The third kappa shape index (κ3) is 2.69. The van der Waals surface area contributed by atoms with Gasteiger partial charge in [-0.25, -0.2) is 0 Å². The van der Waals surface area contributed by atoms with Gasteiger partial charge in [-0.05, 0) is 12.1 Å². The number of phenolic OH excluding ortho intramolecular Hbond substituents is 1. The zero-order valence-electron chi connectivity index (χ0n) is 5.39. The summed E-state index contributed by atoms with van der Waals surface area (Å²) in [6, 6.07) is 4.39. The monoisotopic (exact) mass is 186 g/mol. The van der Waals surface area contributed by atoms with Crippen molar-refractivity contribution >= 4 is 29.6 Å². The standard InChI is InChI=1S/C7H5F3O.Na.H/c8-7(9,10)5-3-1-2-4-6(5)11;;/h1-4,11H;;. The molecule has 1 aromatic carbocycles. The van der Waals surface area contributed by atoms with Gasteiger partial charge in [0.05, 0.1) is 5.56 Å². The van der Waals surface area contributed by atoms with Crippen LogP contribution < -0.4 is 0 Å². The summed E-state index contributed by atoms with van der Waals surface area (Å²) in [6.45, 7) is 0. The molecule has 0 aliphatic heterocycles. The van der Waals surface area contributed by atoms with E-state index in [0.717, 1.165) is 12.1 Å². The normalized spacial score (nSPS) is 10.6. The van der Waals surface area contributed by atoms with Crippen molar-refractivity contribution in [2.75, 3.05) is 0 Å². The molecule has 1 aromatic rings. The molecule has 0 aliphatic carbocycles. The molecule has 0 radical (unpaired) electrons. The van der Waals surface area contributed by atoms with Crippen molar-refractivity contribution < 1.29 is 18.3 Å². The van der Waals surface area contributed by atoms with E-state index in [0.29, 0.717) is 0 Å². The van der Waals surface area contributed by atoms with Crippen LogP contribution in [0, 0.1) is 0 Å². The van der Waals surface area contributed by atoms with E-state index < -0.39 is 17.5 Å². The fourth-order valence-electron chi connectivity index (χ4n) is 0.713. The Morgan fingerprint density at radius 2 is 1.58 bits per heavy atom. The van der Waals surface area contributed by atoms with Crippen molar-refractivity contribution in [3.05, 3.63) is 29.8 Å². The van der Waals surface area contributed by atoms with E-state index in [1.807, 2.05) is 0 Å².